The summed E-state index contributed by atoms with van der Waals surface area (Å²) in [6.45, 7) is 2.42. The van der Waals surface area contributed by atoms with Crippen molar-refractivity contribution < 1.29 is 0 Å². The van der Waals surface area contributed by atoms with Crippen LogP contribution in [0.15, 0.2) is 91.0 Å². The molecular formula is C25H25N. The molecule has 1 saturated heterocycles. The van der Waals surface area contributed by atoms with E-state index >= 15 is 0 Å². The summed E-state index contributed by atoms with van der Waals surface area (Å²) >= 11 is 0. The van der Waals surface area contributed by atoms with Gasteiger partial charge < -0.3 is 0 Å². The van der Waals surface area contributed by atoms with Crippen molar-refractivity contribution in [2.75, 3.05) is 13.1 Å². The monoisotopic (exact) mass is 339 g/mol. The molecule has 1 heteroatoms. The minimum absolute atomic E-state index is 0.375. The molecule has 1 aliphatic heterocycles. The van der Waals surface area contributed by atoms with Crippen molar-refractivity contribution in [3.63, 3.8) is 0 Å². The van der Waals surface area contributed by atoms with Gasteiger partial charge in [0.1, 0.15) is 0 Å². The number of hydrogen-bond donors (Lipinski definition) is 0. The molecule has 2 fully saturated rings. The molecule has 0 aromatic heterocycles. The van der Waals surface area contributed by atoms with E-state index in [-0.39, 0.29) is 0 Å². The van der Waals surface area contributed by atoms with Crippen LogP contribution in [0.4, 0.5) is 0 Å². The molecule has 1 aliphatic carbocycles. The highest BCUT2D eigenvalue weighted by Crippen LogP contribution is 2.59. The van der Waals surface area contributed by atoms with E-state index in [1.807, 2.05) is 0 Å². The van der Waals surface area contributed by atoms with Crippen LogP contribution in [-0.4, -0.2) is 18.0 Å². The van der Waals surface area contributed by atoms with E-state index in [0.717, 1.165) is 5.92 Å². The molecule has 1 saturated carbocycles. The predicted octanol–water partition coefficient (Wildman–Crippen LogP) is 5.66. The van der Waals surface area contributed by atoms with Crippen LogP contribution in [0.2, 0.25) is 0 Å². The Balaban J connectivity index is 1.41. The van der Waals surface area contributed by atoms with Crippen molar-refractivity contribution in [3.8, 4) is 0 Å². The molecule has 2 aliphatic rings. The Kier molecular flexibility index (Phi) is 3.90. The minimum Gasteiger partial charge on any atom is -0.291 e. The molecule has 3 aromatic carbocycles. The Morgan fingerprint density at radius 3 is 1.65 bits per heavy atom. The maximum atomic E-state index is 2.68. The smallest absolute Gasteiger partial charge is 0.0602 e. The number of rotatable bonds is 4. The van der Waals surface area contributed by atoms with E-state index in [0.29, 0.717) is 11.5 Å². The second-order valence-electron chi connectivity index (χ2n) is 7.99. The number of hydrogen-bond acceptors (Lipinski definition) is 1. The number of likely N-dealkylation sites (tertiary alicyclic amines) is 1. The predicted molar refractivity (Wildman–Crippen MR) is 107 cm³/mol. The fourth-order valence-corrected chi connectivity index (χ4v) is 5.11. The Bertz CT molecular complexity index is 811. The van der Waals surface area contributed by atoms with Crippen LogP contribution < -0.4 is 0 Å². The topological polar surface area (TPSA) is 3.24 Å². The molecule has 1 heterocycles. The van der Waals surface area contributed by atoms with Crippen molar-refractivity contribution in [2.45, 2.75) is 24.8 Å². The molecular weight excluding hydrogens is 314 g/mol. The molecule has 5 rings (SSSR count). The van der Waals surface area contributed by atoms with Gasteiger partial charge in [-0.15, -0.1) is 0 Å². The van der Waals surface area contributed by atoms with Gasteiger partial charge in [-0.2, -0.15) is 0 Å². The summed E-state index contributed by atoms with van der Waals surface area (Å²) in [6, 6.07) is 33.5. The highest BCUT2D eigenvalue weighted by atomic mass is 15.2. The third-order valence-corrected chi connectivity index (χ3v) is 6.50. The zero-order valence-corrected chi connectivity index (χ0v) is 15.1. The molecule has 130 valence electrons. The van der Waals surface area contributed by atoms with Crippen LogP contribution in [0.1, 0.15) is 41.5 Å². The van der Waals surface area contributed by atoms with E-state index in [1.165, 1.54) is 42.6 Å². The van der Waals surface area contributed by atoms with Gasteiger partial charge in [0, 0.05) is 18.5 Å². The van der Waals surface area contributed by atoms with Crippen molar-refractivity contribution in [1.82, 2.24) is 4.90 Å². The zero-order valence-electron chi connectivity index (χ0n) is 15.1. The van der Waals surface area contributed by atoms with Gasteiger partial charge in [-0.05, 0) is 35.4 Å². The second kappa shape index (κ2) is 6.41. The summed E-state index contributed by atoms with van der Waals surface area (Å²) in [5.41, 5.74) is 4.85. The molecule has 3 aromatic rings. The van der Waals surface area contributed by atoms with Gasteiger partial charge in [-0.1, -0.05) is 91.0 Å². The van der Waals surface area contributed by atoms with E-state index in [1.54, 1.807) is 0 Å². The second-order valence-corrected chi connectivity index (χ2v) is 7.99. The first-order chi connectivity index (χ1) is 12.9. The normalized spacial score (nSPS) is 21.3. The van der Waals surface area contributed by atoms with E-state index in [2.05, 4.69) is 95.9 Å². The fraction of sp³-hybridized carbons (Fsp3) is 0.280. The third-order valence-electron chi connectivity index (χ3n) is 6.50. The summed E-state index contributed by atoms with van der Waals surface area (Å²) in [5, 5.41) is 0. The van der Waals surface area contributed by atoms with Crippen LogP contribution in [0.3, 0.4) is 0 Å². The summed E-state index contributed by atoms with van der Waals surface area (Å²) in [4.78, 5) is 2.68. The molecule has 0 radical (unpaired) electrons. The van der Waals surface area contributed by atoms with Gasteiger partial charge >= 0.3 is 0 Å². The van der Waals surface area contributed by atoms with Crippen molar-refractivity contribution in [1.29, 1.82) is 0 Å². The van der Waals surface area contributed by atoms with Gasteiger partial charge in [0.15, 0.2) is 0 Å². The highest BCUT2D eigenvalue weighted by molar-refractivity contribution is 5.35. The van der Waals surface area contributed by atoms with E-state index in [9.17, 15) is 0 Å². The summed E-state index contributed by atoms with van der Waals surface area (Å²) in [5.74, 6) is 0.743. The summed E-state index contributed by atoms with van der Waals surface area (Å²) in [7, 11) is 0. The molecule has 0 amide bonds. The van der Waals surface area contributed by atoms with Gasteiger partial charge in [-0.25, -0.2) is 0 Å². The molecule has 26 heavy (non-hydrogen) atoms. The van der Waals surface area contributed by atoms with Gasteiger partial charge in [0.2, 0.25) is 0 Å². The third kappa shape index (κ3) is 2.59. The van der Waals surface area contributed by atoms with Crippen molar-refractivity contribution >= 4 is 0 Å². The molecule has 0 bridgehead atoms. The van der Waals surface area contributed by atoms with Crippen LogP contribution in [0.25, 0.3) is 0 Å². The Hall–Kier alpha value is -2.38. The maximum absolute atomic E-state index is 2.68. The highest BCUT2D eigenvalue weighted by Gasteiger charge is 2.56. The SMILES string of the molecule is c1ccc(C(c2ccccc2)N2CC3(CC[C@H]3c3ccccc3)C2)cc1. The van der Waals surface area contributed by atoms with Gasteiger partial charge in [0.05, 0.1) is 6.04 Å². The largest absolute Gasteiger partial charge is 0.291 e. The Morgan fingerprint density at radius 2 is 1.19 bits per heavy atom. The Morgan fingerprint density at radius 1 is 0.692 bits per heavy atom. The summed E-state index contributed by atoms with van der Waals surface area (Å²) < 4.78 is 0. The maximum Gasteiger partial charge on any atom is 0.0602 e. The molecule has 1 atom stereocenters. The lowest BCUT2D eigenvalue weighted by Crippen LogP contribution is -2.63. The Labute approximate surface area is 156 Å². The average Bonchev–Trinajstić information content (AvgIpc) is 2.65. The van der Waals surface area contributed by atoms with E-state index in [4.69, 9.17) is 0 Å². The lowest BCUT2D eigenvalue weighted by atomic mass is 9.53. The standard InChI is InChI=1S/C25H25N/c1-4-10-20(11-5-1)23-16-17-25(23)18-26(19-25)24(21-12-6-2-7-13-21)22-14-8-3-9-15-22/h1-15,23-24H,16-19H2/t23-/m0/s1. The fourth-order valence-electron chi connectivity index (χ4n) is 5.11. The van der Waals surface area contributed by atoms with Gasteiger partial charge in [-0.3, -0.25) is 4.90 Å². The lowest BCUT2D eigenvalue weighted by molar-refractivity contribution is -0.0959. The van der Waals surface area contributed by atoms with Crippen LogP contribution in [0, 0.1) is 5.41 Å². The lowest BCUT2D eigenvalue weighted by Gasteiger charge is -2.63. The van der Waals surface area contributed by atoms with Crippen molar-refractivity contribution in [3.05, 3.63) is 108 Å². The minimum atomic E-state index is 0.375. The average molecular weight is 339 g/mol. The van der Waals surface area contributed by atoms with Crippen LogP contribution in [-0.2, 0) is 0 Å². The van der Waals surface area contributed by atoms with Crippen molar-refractivity contribution in [2.24, 2.45) is 5.41 Å². The van der Waals surface area contributed by atoms with Crippen LogP contribution >= 0.6 is 0 Å². The molecule has 0 N–H and O–H groups in total. The zero-order chi connectivity index (χ0) is 17.4. The molecule has 1 spiro atoms. The first-order valence-corrected chi connectivity index (χ1v) is 9.75. The van der Waals surface area contributed by atoms with Gasteiger partial charge in [0.25, 0.3) is 0 Å². The summed E-state index contributed by atoms with van der Waals surface area (Å²) in [6.07, 6.45) is 2.72. The first kappa shape index (κ1) is 15.8. The number of nitrogens with zero attached hydrogens (tertiary/aromatic N) is 1. The first-order valence-electron chi connectivity index (χ1n) is 9.75. The quantitative estimate of drug-likeness (QED) is 0.593. The molecule has 0 unspecified atom stereocenters. The van der Waals surface area contributed by atoms with E-state index < -0.39 is 0 Å². The van der Waals surface area contributed by atoms with Crippen LogP contribution in [0.5, 0.6) is 0 Å². The number of benzene rings is 3. The molecule has 1 nitrogen and oxygen atoms in total.